The van der Waals surface area contributed by atoms with E-state index in [4.69, 9.17) is 4.84 Å². The van der Waals surface area contributed by atoms with E-state index in [0.717, 1.165) is 18.4 Å². The van der Waals surface area contributed by atoms with Crippen molar-refractivity contribution in [2.45, 2.75) is 98.1 Å². The van der Waals surface area contributed by atoms with Crippen LogP contribution in [0.15, 0.2) is 0 Å². The second-order valence-electron chi connectivity index (χ2n) is 10.5. The summed E-state index contributed by atoms with van der Waals surface area (Å²) in [7, 11) is 0. The second-order valence-corrected chi connectivity index (χ2v) is 10.5. The molecule has 1 heterocycles. The van der Waals surface area contributed by atoms with Crippen LogP contribution in [0.3, 0.4) is 0 Å². The standard InChI is InChI=1S/C20H37NO/c1-17(2)10-8-11-18(3,4)21(17)22-14-20(7)12-9-15-13-16(20)19(15,5)6/h15-16H,8-14H2,1-7H3/t15-,16+,20-/m1/s1. The molecule has 22 heavy (non-hydrogen) atoms. The van der Waals surface area contributed by atoms with Crippen molar-refractivity contribution in [1.29, 1.82) is 0 Å². The zero-order valence-corrected chi connectivity index (χ0v) is 16.0. The lowest BCUT2D eigenvalue weighted by Crippen LogP contribution is -2.61. The number of nitrogens with zero attached hydrogens (tertiary/aromatic N) is 1. The van der Waals surface area contributed by atoms with E-state index in [2.05, 4.69) is 53.5 Å². The summed E-state index contributed by atoms with van der Waals surface area (Å²) in [4.78, 5) is 6.58. The van der Waals surface area contributed by atoms with Crippen LogP contribution in [0, 0.1) is 22.7 Å². The summed E-state index contributed by atoms with van der Waals surface area (Å²) in [5, 5.41) is 2.35. The maximum Gasteiger partial charge on any atom is 0.0742 e. The smallest absolute Gasteiger partial charge is 0.0742 e. The molecule has 4 fully saturated rings. The lowest BCUT2D eigenvalue weighted by atomic mass is 9.41. The average Bonchev–Trinajstić information content (AvgIpc) is 2.35. The van der Waals surface area contributed by atoms with Crippen LogP contribution in [0.4, 0.5) is 0 Å². The molecule has 0 unspecified atom stereocenters. The molecular weight excluding hydrogens is 270 g/mol. The molecule has 0 radical (unpaired) electrons. The van der Waals surface area contributed by atoms with Crippen LogP contribution in [0.25, 0.3) is 0 Å². The number of hydrogen-bond donors (Lipinski definition) is 0. The minimum absolute atomic E-state index is 0.157. The molecule has 0 aromatic rings. The minimum Gasteiger partial charge on any atom is -0.297 e. The van der Waals surface area contributed by atoms with Crippen molar-refractivity contribution in [3.63, 3.8) is 0 Å². The molecule has 2 bridgehead atoms. The first-order valence-corrected chi connectivity index (χ1v) is 9.42. The summed E-state index contributed by atoms with van der Waals surface area (Å²) in [6, 6.07) is 0. The average molecular weight is 308 g/mol. The van der Waals surface area contributed by atoms with Crippen LogP contribution in [0.2, 0.25) is 0 Å². The van der Waals surface area contributed by atoms with Gasteiger partial charge in [0.1, 0.15) is 0 Å². The van der Waals surface area contributed by atoms with Crippen LogP contribution < -0.4 is 0 Å². The first-order valence-electron chi connectivity index (χ1n) is 9.42. The SMILES string of the molecule is CC1(C)[C@@H]2CC[C@](C)(CON3C(C)(C)CCCC3(C)C)[C@H]1C2. The fourth-order valence-electron chi connectivity index (χ4n) is 6.08. The van der Waals surface area contributed by atoms with E-state index in [-0.39, 0.29) is 11.1 Å². The molecule has 4 aliphatic rings. The Morgan fingerprint density at radius 1 is 0.909 bits per heavy atom. The third kappa shape index (κ3) is 2.45. The molecule has 0 aromatic heterocycles. The normalized spacial score (nSPS) is 42.7. The second kappa shape index (κ2) is 4.96. The van der Waals surface area contributed by atoms with Gasteiger partial charge in [-0.2, -0.15) is 5.06 Å². The number of hydrogen-bond acceptors (Lipinski definition) is 2. The van der Waals surface area contributed by atoms with E-state index in [1.807, 2.05) is 0 Å². The van der Waals surface area contributed by atoms with Gasteiger partial charge in [0, 0.05) is 11.1 Å². The number of piperidine rings is 1. The molecule has 3 aliphatic carbocycles. The highest BCUT2D eigenvalue weighted by Gasteiger charge is 2.59. The van der Waals surface area contributed by atoms with Crippen LogP contribution in [0.5, 0.6) is 0 Å². The third-order valence-corrected chi connectivity index (χ3v) is 7.58. The van der Waals surface area contributed by atoms with Crippen LogP contribution >= 0.6 is 0 Å². The summed E-state index contributed by atoms with van der Waals surface area (Å²) < 4.78 is 0. The topological polar surface area (TPSA) is 12.5 Å². The van der Waals surface area contributed by atoms with Gasteiger partial charge in [0.2, 0.25) is 0 Å². The zero-order valence-electron chi connectivity index (χ0n) is 16.0. The quantitative estimate of drug-likeness (QED) is 0.690. The number of fused-ring (bicyclic) bond motifs is 2. The number of hydroxylamine groups is 2. The maximum absolute atomic E-state index is 6.58. The Bertz CT molecular complexity index is 421. The van der Waals surface area contributed by atoms with Crippen molar-refractivity contribution in [2.24, 2.45) is 22.7 Å². The van der Waals surface area contributed by atoms with Gasteiger partial charge in [-0.05, 0) is 88.9 Å². The Kier molecular flexibility index (Phi) is 3.78. The van der Waals surface area contributed by atoms with Crippen molar-refractivity contribution in [2.75, 3.05) is 6.61 Å². The summed E-state index contributed by atoms with van der Waals surface area (Å²) in [5.74, 6) is 1.81. The molecule has 3 atom stereocenters. The zero-order chi connectivity index (χ0) is 16.4. The molecule has 0 spiro atoms. The van der Waals surface area contributed by atoms with Crippen molar-refractivity contribution in [1.82, 2.24) is 5.06 Å². The van der Waals surface area contributed by atoms with Gasteiger partial charge < -0.3 is 0 Å². The molecular formula is C20H37NO. The van der Waals surface area contributed by atoms with Crippen molar-refractivity contribution in [3.05, 3.63) is 0 Å². The Morgan fingerprint density at radius 2 is 1.50 bits per heavy atom. The van der Waals surface area contributed by atoms with Gasteiger partial charge in [0.15, 0.2) is 0 Å². The van der Waals surface area contributed by atoms with E-state index < -0.39 is 0 Å². The first-order chi connectivity index (χ1) is 9.99. The van der Waals surface area contributed by atoms with Crippen LogP contribution in [-0.2, 0) is 4.84 Å². The Hall–Kier alpha value is -0.0800. The predicted octanol–water partition coefficient (Wildman–Crippen LogP) is 5.42. The Labute approximate surface area is 137 Å². The van der Waals surface area contributed by atoms with Crippen molar-refractivity contribution < 1.29 is 4.84 Å². The molecule has 2 heteroatoms. The fraction of sp³-hybridized carbons (Fsp3) is 1.00. The predicted molar refractivity (Wildman–Crippen MR) is 92.5 cm³/mol. The van der Waals surface area contributed by atoms with E-state index in [1.54, 1.807) is 0 Å². The molecule has 128 valence electrons. The van der Waals surface area contributed by atoms with Crippen molar-refractivity contribution in [3.8, 4) is 0 Å². The summed E-state index contributed by atoms with van der Waals surface area (Å²) in [6.07, 6.45) is 7.97. The van der Waals surface area contributed by atoms with Gasteiger partial charge in [0.05, 0.1) is 6.61 Å². The van der Waals surface area contributed by atoms with Crippen molar-refractivity contribution >= 4 is 0 Å². The minimum atomic E-state index is 0.157. The lowest BCUT2D eigenvalue weighted by molar-refractivity contribution is -0.308. The molecule has 0 N–H and O–H groups in total. The van der Waals surface area contributed by atoms with E-state index in [0.29, 0.717) is 10.8 Å². The third-order valence-electron chi connectivity index (χ3n) is 7.58. The highest BCUT2D eigenvalue weighted by molar-refractivity contribution is 5.08. The number of rotatable bonds is 3. The summed E-state index contributed by atoms with van der Waals surface area (Å²) in [5.41, 5.74) is 1.21. The van der Waals surface area contributed by atoms with E-state index in [1.165, 1.54) is 38.5 Å². The lowest BCUT2D eigenvalue weighted by Gasteiger charge is -2.65. The highest BCUT2D eigenvalue weighted by atomic mass is 16.7. The van der Waals surface area contributed by atoms with Gasteiger partial charge in [-0.1, -0.05) is 20.8 Å². The molecule has 3 saturated carbocycles. The molecule has 0 amide bonds. The van der Waals surface area contributed by atoms with Crippen LogP contribution in [0.1, 0.15) is 87.0 Å². The molecule has 2 nitrogen and oxygen atoms in total. The fourth-order valence-corrected chi connectivity index (χ4v) is 6.08. The van der Waals surface area contributed by atoms with Gasteiger partial charge in [-0.25, -0.2) is 0 Å². The molecule has 0 aromatic carbocycles. The Morgan fingerprint density at radius 3 is 2.00 bits per heavy atom. The summed E-state index contributed by atoms with van der Waals surface area (Å²) >= 11 is 0. The molecule has 1 saturated heterocycles. The molecule has 4 rings (SSSR count). The van der Waals surface area contributed by atoms with Crippen LogP contribution in [-0.4, -0.2) is 22.7 Å². The molecule has 1 aliphatic heterocycles. The van der Waals surface area contributed by atoms with Gasteiger partial charge in [-0.15, -0.1) is 0 Å². The first kappa shape index (κ1) is 16.8. The summed E-state index contributed by atoms with van der Waals surface area (Å²) in [6.45, 7) is 17.7. The van der Waals surface area contributed by atoms with Gasteiger partial charge in [0.25, 0.3) is 0 Å². The van der Waals surface area contributed by atoms with E-state index in [9.17, 15) is 0 Å². The van der Waals surface area contributed by atoms with Gasteiger partial charge >= 0.3 is 0 Å². The Balaban J connectivity index is 1.71. The monoisotopic (exact) mass is 307 g/mol. The highest BCUT2D eigenvalue weighted by Crippen LogP contribution is 2.66. The maximum atomic E-state index is 6.58. The largest absolute Gasteiger partial charge is 0.297 e. The van der Waals surface area contributed by atoms with E-state index >= 15 is 0 Å². The van der Waals surface area contributed by atoms with Gasteiger partial charge in [-0.3, -0.25) is 4.84 Å².